The van der Waals surface area contributed by atoms with Gasteiger partial charge in [0.25, 0.3) is 5.56 Å². The van der Waals surface area contributed by atoms with Crippen LogP contribution in [0.2, 0.25) is 0 Å². The van der Waals surface area contributed by atoms with E-state index in [0.717, 1.165) is 26.5 Å². The first-order chi connectivity index (χ1) is 16.6. The van der Waals surface area contributed by atoms with Crippen LogP contribution in [-0.2, 0) is 6.61 Å². The van der Waals surface area contributed by atoms with Crippen molar-refractivity contribution in [3.63, 3.8) is 0 Å². The molecule has 9 heteroatoms. The predicted octanol–water partition coefficient (Wildman–Crippen LogP) is 4.85. The van der Waals surface area contributed by atoms with E-state index in [1.807, 2.05) is 78.9 Å². The summed E-state index contributed by atoms with van der Waals surface area (Å²) in [6.07, 6.45) is 1.84. The van der Waals surface area contributed by atoms with Gasteiger partial charge >= 0.3 is 0 Å². The lowest BCUT2D eigenvalue weighted by Crippen LogP contribution is -2.23. The highest BCUT2D eigenvalue weighted by Gasteiger charge is 2.13. The van der Waals surface area contributed by atoms with E-state index in [0.29, 0.717) is 26.8 Å². The SMILES string of the molecule is O=c1c(=Cc2ccc3noc(-c4ccccc4)c3c2)sc2nc(COc3ccc(Br)cc3)nn12. The maximum absolute atomic E-state index is 12.9. The molecule has 0 N–H and O–H groups in total. The minimum atomic E-state index is -0.212. The van der Waals surface area contributed by atoms with E-state index >= 15 is 0 Å². The Balaban J connectivity index is 1.31. The Hall–Kier alpha value is -3.82. The Morgan fingerprint density at radius 2 is 1.88 bits per heavy atom. The first-order valence-electron chi connectivity index (χ1n) is 10.4. The Morgan fingerprint density at radius 3 is 2.68 bits per heavy atom. The zero-order valence-electron chi connectivity index (χ0n) is 17.5. The summed E-state index contributed by atoms with van der Waals surface area (Å²) in [5, 5.41) is 9.37. The molecule has 3 aromatic carbocycles. The van der Waals surface area contributed by atoms with Gasteiger partial charge in [0, 0.05) is 10.0 Å². The topological polar surface area (TPSA) is 82.5 Å². The van der Waals surface area contributed by atoms with Gasteiger partial charge in [0.15, 0.2) is 11.6 Å². The predicted molar refractivity (Wildman–Crippen MR) is 134 cm³/mol. The molecule has 0 saturated carbocycles. The molecule has 0 spiro atoms. The number of hydrogen-bond acceptors (Lipinski definition) is 7. The number of rotatable bonds is 5. The zero-order valence-corrected chi connectivity index (χ0v) is 19.9. The molecule has 0 aliphatic heterocycles. The van der Waals surface area contributed by atoms with Gasteiger partial charge in [-0.15, -0.1) is 5.10 Å². The molecule has 0 amide bonds. The standard InChI is InChI=1S/C25H15BrN4O3S/c26-17-7-9-18(10-8-17)32-14-22-27-25-30(28-22)24(31)21(34-25)13-15-6-11-20-19(12-15)23(33-29-20)16-4-2-1-3-5-16/h1-13H,14H2. The molecule has 0 aliphatic rings. The summed E-state index contributed by atoms with van der Waals surface area (Å²) in [7, 11) is 0. The van der Waals surface area contributed by atoms with Crippen LogP contribution in [0.3, 0.4) is 0 Å². The van der Waals surface area contributed by atoms with Gasteiger partial charge in [-0.25, -0.2) is 0 Å². The van der Waals surface area contributed by atoms with Crippen LogP contribution >= 0.6 is 27.3 Å². The number of thiazole rings is 1. The second-order valence-corrected chi connectivity index (χ2v) is 9.46. The highest BCUT2D eigenvalue weighted by atomic mass is 79.9. The fraction of sp³-hybridized carbons (Fsp3) is 0.0400. The van der Waals surface area contributed by atoms with Crippen molar-refractivity contribution in [3.05, 3.63) is 104 Å². The largest absolute Gasteiger partial charge is 0.486 e. The van der Waals surface area contributed by atoms with Crippen LogP contribution < -0.4 is 14.8 Å². The van der Waals surface area contributed by atoms with Gasteiger partial charge in [0.2, 0.25) is 4.96 Å². The fourth-order valence-electron chi connectivity index (χ4n) is 3.61. The maximum atomic E-state index is 12.9. The van der Waals surface area contributed by atoms with Gasteiger partial charge in [-0.1, -0.05) is 68.8 Å². The second-order valence-electron chi connectivity index (χ2n) is 7.54. The molecular formula is C25H15BrN4O3S. The number of aromatic nitrogens is 4. The van der Waals surface area contributed by atoms with Crippen molar-refractivity contribution in [1.29, 1.82) is 0 Å². The third-order valence-electron chi connectivity index (χ3n) is 5.24. The van der Waals surface area contributed by atoms with Crippen LogP contribution in [0.25, 0.3) is 33.3 Å². The summed E-state index contributed by atoms with van der Waals surface area (Å²) < 4.78 is 14.1. The van der Waals surface area contributed by atoms with Gasteiger partial charge in [-0.05, 0) is 48.0 Å². The van der Waals surface area contributed by atoms with Gasteiger partial charge in [-0.3, -0.25) is 4.79 Å². The lowest BCUT2D eigenvalue weighted by atomic mass is 10.1. The number of benzene rings is 3. The molecule has 0 bridgehead atoms. The van der Waals surface area contributed by atoms with E-state index in [9.17, 15) is 4.79 Å². The molecular weight excluding hydrogens is 516 g/mol. The second kappa shape index (κ2) is 8.51. The van der Waals surface area contributed by atoms with Gasteiger partial charge in [0.1, 0.15) is 17.9 Å². The molecule has 3 heterocycles. The maximum Gasteiger partial charge on any atom is 0.291 e. The number of ether oxygens (including phenoxy) is 1. The van der Waals surface area contributed by atoms with E-state index in [2.05, 4.69) is 31.2 Å². The van der Waals surface area contributed by atoms with Crippen molar-refractivity contribution in [3.8, 4) is 17.1 Å². The van der Waals surface area contributed by atoms with Gasteiger partial charge < -0.3 is 9.26 Å². The first-order valence-corrected chi connectivity index (χ1v) is 12.0. The highest BCUT2D eigenvalue weighted by molar-refractivity contribution is 9.10. The molecule has 7 nitrogen and oxygen atoms in total. The molecule has 166 valence electrons. The van der Waals surface area contributed by atoms with Crippen molar-refractivity contribution in [2.24, 2.45) is 0 Å². The number of nitrogens with zero attached hydrogens (tertiary/aromatic N) is 4. The monoisotopic (exact) mass is 530 g/mol. The van der Waals surface area contributed by atoms with Gasteiger partial charge in [0.05, 0.1) is 9.92 Å². The van der Waals surface area contributed by atoms with Crippen LogP contribution in [0.1, 0.15) is 11.4 Å². The van der Waals surface area contributed by atoms with E-state index in [1.54, 1.807) is 0 Å². The normalized spacial score (nSPS) is 12.1. The van der Waals surface area contributed by atoms with Crippen LogP contribution in [0.15, 0.2) is 86.6 Å². The van der Waals surface area contributed by atoms with Crippen molar-refractivity contribution in [2.45, 2.75) is 6.61 Å². The Labute approximate surface area is 205 Å². The van der Waals surface area contributed by atoms with Crippen molar-refractivity contribution in [1.82, 2.24) is 19.8 Å². The lowest BCUT2D eigenvalue weighted by Gasteiger charge is -2.02. The summed E-state index contributed by atoms with van der Waals surface area (Å²) in [6.45, 7) is 0.181. The van der Waals surface area contributed by atoms with Crippen LogP contribution in [0, 0.1) is 0 Å². The smallest absolute Gasteiger partial charge is 0.291 e. The average molecular weight is 531 g/mol. The van der Waals surface area contributed by atoms with Gasteiger partial charge in [-0.2, -0.15) is 9.50 Å². The third-order valence-corrected chi connectivity index (χ3v) is 6.73. The quantitative estimate of drug-likeness (QED) is 0.317. The van der Waals surface area contributed by atoms with Crippen molar-refractivity contribution >= 4 is 49.2 Å². The zero-order chi connectivity index (χ0) is 23.1. The average Bonchev–Trinajstić information content (AvgIpc) is 3.54. The highest BCUT2D eigenvalue weighted by Crippen LogP contribution is 2.29. The molecule has 0 radical (unpaired) electrons. The molecule has 3 aromatic heterocycles. The Kier molecular flexibility index (Phi) is 5.20. The van der Waals surface area contributed by atoms with E-state index in [4.69, 9.17) is 9.26 Å². The Bertz CT molecular complexity index is 1740. The summed E-state index contributed by atoms with van der Waals surface area (Å²) in [5.74, 6) is 1.86. The molecule has 0 unspecified atom stereocenters. The lowest BCUT2D eigenvalue weighted by molar-refractivity contribution is 0.296. The van der Waals surface area contributed by atoms with Crippen LogP contribution in [-0.4, -0.2) is 19.8 Å². The molecule has 0 fully saturated rings. The first kappa shape index (κ1) is 20.8. The molecule has 34 heavy (non-hydrogen) atoms. The Morgan fingerprint density at radius 1 is 1.06 bits per heavy atom. The van der Waals surface area contributed by atoms with E-state index in [1.165, 1.54) is 15.9 Å². The van der Waals surface area contributed by atoms with Crippen LogP contribution in [0.4, 0.5) is 0 Å². The summed E-state index contributed by atoms with van der Waals surface area (Å²) in [6, 6.07) is 23.1. The molecule has 0 aliphatic carbocycles. The molecule has 0 atom stereocenters. The fourth-order valence-corrected chi connectivity index (χ4v) is 4.80. The number of fused-ring (bicyclic) bond motifs is 2. The van der Waals surface area contributed by atoms with E-state index < -0.39 is 0 Å². The molecule has 0 saturated heterocycles. The summed E-state index contributed by atoms with van der Waals surface area (Å²) in [4.78, 5) is 17.9. The molecule has 6 rings (SSSR count). The minimum absolute atomic E-state index is 0.181. The molecule has 6 aromatic rings. The number of halogens is 1. The summed E-state index contributed by atoms with van der Waals surface area (Å²) >= 11 is 4.69. The van der Waals surface area contributed by atoms with Crippen LogP contribution in [0.5, 0.6) is 5.75 Å². The summed E-state index contributed by atoms with van der Waals surface area (Å²) in [5.41, 5.74) is 2.36. The van der Waals surface area contributed by atoms with Crippen molar-refractivity contribution in [2.75, 3.05) is 0 Å². The third kappa shape index (κ3) is 3.89. The van der Waals surface area contributed by atoms with E-state index in [-0.39, 0.29) is 12.2 Å². The van der Waals surface area contributed by atoms with Crippen molar-refractivity contribution < 1.29 is 9.26 Å². The minimum Gasteiger partial charge on any atom is -0.486 e. The number of hydrogen-bond donors (Lipinski definition) is 0.